The number of primary amides is 2. The Hall–Kier alpha value is -4.12. The number of carbonyl (C=O) groups excluding carboxylic acids is 2. The quantitative estimate of drug-likeness (QED) is 0.180. The second kappa shape index (κ2) is 11.3. The van der Waals surface area contributed by atoms with E-state index < -0.39 is 11.8 Å². The van der Waals surface area contributed by atoms with Gasteiger partial charge in [-0.2, -0.15) is 0 Å². The van der Waals surface area contributed by atoms with Gasteiger partial charge in [-0.15, -0.1) is 0 Å². The van der Waals surface area contributed by atoms with Gasteiger partial charge in [0.15, 0.2) is 0 Å². The van der Waals surface area contributed by atoms with Crippen molar-refractivity contribution in [3.63, 3.8) is 0 Å². The molecule has 0 aliphatic rings. The first kappa shape index (κ1) is 24.2. The molecule has 0 bridgehead atoms. The minimum atomic E-state index is -0.637. The molecule has 172 valence electrons. The van der Waals surface area contributed by atoms with E-state index in [0.717, 1.165) is 0 Å². The summed E-state index contributed by atoms with van der Waals surface area (Å²) in [6, 6.07) is 5.91. The Morgan fingerprint density at radius 1 is 0.906 bits per heavy atom. The molecule has 2 amide bonds. The molecule has 11 N–H and O–H groups in total. The maximum Gasteiger partial charge on any atom is 0.248 e. The van der Waals surface area contributed by atoms with Crippen molar-refractivity contribution >= 4 is 34.6 Å². The van der Waals surface area contributed by atoms with Gasteiger partial charge >= 0.3 is 0 Å². The van der Waals surface area contributed by atoms with Gasteiger partial charge < -0.3 is 48.1 Å². The summed E-state index contributed by atoms with van der Waals surface area (Å²) in [5.74, 6) is -0.524. The number of anilines is 4. The number of benzene rings is 2. The van der Waals surface area contributed by atoms with Crippen molar-refractivity contribution in [2.45, 2.75) is 0 Å². The number of methoxy groups -OCH3 is 1. The fourth-order valence-electron chi connectivity index (χ4n) is 2.86. The fraction of sp³-hybridized carbons (Fsp3) is 0.238. The Labute approximate surface area is 185 Å². The third-order valence-corrected chi connectivity index (χ3v) is 4.36. The number of aliphatic hydroxyl groups is 1. The van der Waals surface area contributed by atoms with E-state index in [9.17, 15) is 9.59 Å². The Morgan fingerprint density at radius 3 is 1.81 bits per heavy atom. The van der Waals surface area contributed by atoms with Gasteiger partial charge in [0.2, 0.25) is 11.8 Å². The van der Waals surface area contributed by atoms with Crippen molar-refractivity contribution in [1.82, 2.24) is 0 Å². The normalized spacial score (nSPS) is 10.7. The summed E-state index contributed by atoms with van der Waals surface area (Å²) in [6.07, 6.45) is 3.68. The molecule has 0 saturated carbocycles. The molecule has 2 aromatic carbocycles. The SMILES string of the molecule is COc1cc(C(N)=O)cc(N)c1NC/C=C/CNc1c(N)cc(C(N)=O)cc1OCCO. The summed E-state index contributed by atoms with van der Waals surface area (Å²) in [5, 5.41) is 15.2. The van der Waals surface area contributed by atoms with Crippen LogP contribution in [0.5, 0.6) is 11.5 Å². The molecule has 0 aliphatic heterocycles. The lowest BCUT2D eigenvalue weighted by Gasteiger charge is -2.15. The Kier molecular flexibility index (Phi) is 8.54. The molecule has 0 atom stereocenters. The van der Waals surface area contributed by atoms with E-state index in [0.29, 0.717) is 41.7 Å². The predicted molar refractivity (Wildman–Crippen MR) is 124 cm³/mol. The molecule has 11 nitrogen and oxygen atoms in total. The lowest BCUT2D eigenvalue weighted by Crippen LogP contribution is -2.14. The van der Waals surface area contributed by atoms with E-state index >= 15 is 0 Å². The summed E-state index contributed by atoms with van der Waals surface area (Å²) >= 11 is 0. The minimum Gasteiger partial charge on any atom is -0.494 e. The standard InChI is InChI=1S/C21H28N6O5/c1-31-16-10-12(20(24)29)8-14(22)18(16)26-4-2-3-5-27-19-15(23)9-13(21(25)30)11-17(19)32-7-6-28/h2-3,8-11,26-28H,4-7,22-23H2,1H3,(H2,24,29)(H2,25,30)/b3-2+. The number of aliphatic hydroxyl groups excluding tert-OH is 1. The summed E-state index contributed by atoms with van der Waals surface area (Å²) in [7, 11) is 1.47. The number of hydrogen-bond donors (Lipinski definition) is 7. The average molecular weight is 444 g/mol. The van der Waals surface area contributed by atoms with E-state index in [-0.39, 0.29) is 30.0 Å². The van der Waals surface area contributed by atoms with Gasteiger partial charge in [-0.05, 0) is 24.3 Å². The lowest BCUT2D eigenvalue weighted by molar-refractivity contribution is 0.0991. The van der Waals surface area contributed by atoms with E-state index in [2.05, 4.69) is 10.6 Å². The average Bonchev–Trinajstić information content (AvgIpc) is 2.75. The molecule has 0 fully saturated rings. The molecule has 0 radical (unpaired) electrons. The Balaban J connectivity index is 2.02. The third-order valence-electron chi connectivity index (χ3n) is 4.36. The molecule has 0 aliphatic carbocycles. The predicted octanol–water partition coefficient (Wildman–Crippen LogP) is 0.509. The van der Waals surface area contributed by atoms with E-state index in [1.807, 2.05) is 12.2 Å². The highest BCUT2D eigenvalue weighted by Crippen LogP contribution is 2.33. The first-order chi connectivity index (χ1) is 15.3. The van der Waals surface area contributed by atoms with Gasteiger partial charge in [-0.1, -0.05) is 12.2 Å². The highest BCUT2D eigenvalue weighted by Gasteiger charge is 2.13. The topological polar surface area (TPSA) is 201 Å². The summed E-state index contributed by atoms with van der Waals surface area (Å²) in [4.78, 5) is 22.8. The molecule has 0 saturated heterocycles. The molecule has 0 heterocycles. The van der Waals surface area contributed by atoms with Crippen LogP contribution in [0.4, 0.5) is 22.7 Å². The van der Waals surface area contributed by atoms with Crippen LogP contribution in [0.1, 0.15) is 20.7 Å². The van der Waals surface area contributed by atoms with Gasteiger partial charge in [0.05, 0.1) is 25.1 Å². The molecule has 0 unspecified atom stereocenters. The zero-order valence-corrected chi connectivity index (χ0v) is 17.7. The van der Waals surface area contributed by atoms with Crippen molar-refractivity contribution < 1.29 is 24.2 Å². The highest BCUT2D eigenvalue weighted by atomic mass is 16.5. The van der Waals surface area contributed by atoms with Crippen LogP contribution in [0.3, 0.4) is 0 Å². The van der Waals surface area contributed by atoms with Crippen molar-refractivity contribution in [2.75, 3.05) is 55.5 Å². The summed E-state index contributed by atoms with van der Waals surface area (Å²) in [6.45, 7) is 0.652. The number of nitrogens with one attached hydrogen (secondary N) is 2. The van der Waals surface area contributed by atoms with Crippen LogP contribution in [-0.2, 0) is 0 Å². The lowest BCUT2D eigenvalue weighted by atomic mass is 10.1. The molecule has 2 aromatic rings. The van der Waals surface area contributed by atoms with Crippen LogP contribution >= 0.6 is 0 Å². The van der Waals surface area contributed by atoms with E-state index in [1.165, 1.54) is 31.4 Å². The monoisotopic (exact) mass is 444 g/mol. The molecule has 11 heteroatoms. The first-order valence-corrected chi connectivity index (χ1v) is 9.65. The number of amides is 2. The van der Waals surface area contributed by atoms with Crippen LogP contribution in [0, 0.1) is 0 Å². The smallest absolute Gasteiger partial charge is 0.248 e. The summed E-state index contributed by atoms with van der Waals surface area (Å²) in [5.41, 5.74) is 24.7. The van der Waals surface area contributed by atoms with Gasteiger partial charge in [0, 0.05) is 24.2 Å². The van der Waals surface area contributed by atoms with Gasteiger partial charge in [0.25, 0.3) is 0 Å². The third kappa shape index (κ3) is 6.19. The number of hydrogen-bond acceptors (Lipinski definition) is 9. The Morgan fingerprint density at radius 2 is 1.38 bits per heavy atom. The number of ether oxygens (including phenoxy) is 2. The van der Waals surface area contributed by atoms with Crippen molar-refractivity contribution in [2.24, 2.45) is 11.5 Å². The minimum absolute atomic E-state index is 0.0356. The summed E-state index contributed by atoms with van der Waals surface area (Å²) < 4.78 is 10.7. The Bertz CT molecular complexity index is 1010. The molecule has 2 rings (SSSR count). The largest absolute Gasteiger partial charge is 0.494 e. The zero-order chi connectivity index (χ0) is 23.7. The fourth-order valence-corrected chi connectivity index (χ4v) is 2.86. The van der Waals surface area contributed by atoms with Crippen LogP contribution in [-0.4, -0.2) is 50.3 Å². The van der Waals surface area contributed by atoms with Gasteiger partial charge in [0.1, 0.15) is 29.5 Å². The first-order valence-electron chi connectivity index (χ1n) is 9.65. The molecular formula is C21H28N6O5. The van der Waals surface area contributed by atoms with E-state index in [1.54, 1.807) is 0 Å². The van der Waals surface area contributed by atoms with Crippen LogP contribution in [0.15, 0.2) is 36.4 Å². The van der Waals surface area contributed by atoms with Crippen LogP contribution in [0.2, 0.25) is 0 Å². The van der Waals surface area contributed by atoms with Crippen molar-refractivity contribution in [1.29, 1.82) is 0 Å². The molecular weight excluding hydrogens is 416 g/mol. The van der Waals surface area contributed by atoms with Crippen LogP contribution < -0.4 is 43.0 Å². The molecule has 0 aromatic heterocycles. The van der Waals surface area contributed by atoms with Crippen molar-refractivity contribution in [3.8, 4) is 11.5 Å². The maximum atomic E-state index is 11.4. The molecule has 0 spiro atoms. The van der Waals surface area contributed by atoms with Crippen LogP contribution in [0.25, 0.3) is 0 Å². The number of nitrogen functional groups attached to an aromatic ring is 2. The second-order valence-corrected chi connectivity index (χ2v) is 6.62. The zero-order valence-electron chi connectivity index (χ0n) is 17.7. The maximum absolute atomic E-state index is 11.4. The van der Waals surface area contributed by atoms with Gasteiger partial charge in [-0.3, -0.25) is 9.59 Å². The number of carbonyl (C=O) groups is 2. The number of rotatable bonds is 12. The van der Waals surface area contributed by atoms with E-state index in [4.69, 9.17) is 37.5 Å². The van der Waals surface area contributed by atoms with Crippen molar-refractivity contribution in [3.05, 3.63) is 47.5 Å². The number of nitrogens with two attached hydrogens (primary N) is 4. The highest BCUT2D eigenvalue weighted by molar-refractivity contribution is 5.97. The van der Waals surface area contributed by atoms with Gasteiger partial charge in [-0.25, -0.2) is 0 Å². The second-order valence-electron chi connectivity index (χ2n) is 6.62. The molecule has 32 heavy (non-hydrogen) atoms.